The number of aryl methyl sites for hydroxylation is 3. The maximum Gasteiger partial charge on any atom is 0.213 e. The standard InChI is InChI=1S/C30H32NSi2/c1-21-10-6-7-11-24(21)26-19-25(22(2)20-31(26)3)23-14-15-28-30(18-23)33(16-17-33)29-13-9-8-12-27(29)32(28,4)5/h6-15,18-20H,16-17H2,1-5H3/q+1/i2D3. The van der Waals surface area contributed by atoms with Crippen molar-refractivity contribution in [3.05, 3.63) is 90.1 Å². The van der Waals surface area contributed by atoms with Crippen LogP contribution in [0.3, 0.4) is 0 Å². The van der Waals surface area contributed by atoms with Crippen LogP contribution in [-0.4, -0.2) is 16.1 Å². The predicted molar refractivity (Wildman–Crippen MR) is 146 cm³/mol. The fraction of sp³-hybridized carbons (Fsp3) is 0.233. The van der Waals surface area contributed by atoms with E-state index in [0.717, 1.165) is 22.4 Å². The molecule has 2 aliphatic heterocycles. The van der Waals surface area contributed by atoms with Gasteiger partial charge in [0.1, 0.15) is 23.2 Å². The van der Waals surface area contributed by atoms with Crippen molar-refractivity contribution in [3.8, 4) is 22.4 Å². The second-order valence-electron chi connectivity index (χ2n) is 10.4. The summed E-state index contributed by atoms with van der Waals surface area (Å²) < 4.78 is 27.0. The fourth-order valence-corrected chi connectivity index (χ4v) is 16.6. The third-order valence-corrected chi connectivity index (χ3v) is 16.6. The molecule has 0 aliphatic carbocycles. The highest BCUT2D eigenvalue weighted by atomic mass is 28.3. The molecule has 0 unspecified atom stereocenters. The molecule has 1 fully saturated rings. The summed E-state index contributed by atoms with van der Waals surface area (Å²) in [6.07, 6.45) is 1.82. The number of hydrogen-bond donors (Lipinski definition) is 0. The molecule has 1 nitrogen and oxygen atoms in total. The molecule has 33 heavy (non-hydrogen) atoms. The molecule has 0 amide bonds. The molecule has 2 aliphatic rings. The van der Waals surface area contributed by atoms with Crippen molar-refractivity contribution in [2.24, 2.45) is 7.05 Å². The second-order valence-corrected chi connectivity index (χ2v) is 19.0. The first-order chi connectivity index (χ1) is 17.0. The number of fused-ring (bicyclic) bond motifs is 4. The third kappa shape index (κ3) is 2.99. The van der Waals surface area contributed by atoms with Gasteiger partial charge in [0.25, 0.3) is 0 Å². The monoisotopic (exact) mass is 465 g/mol. The minimum atomic E-state index is -2.19. The summed E-state index contributed by atoms with van der Waals surface area (Å²) in [6.45, 7) is 4.86. The molecule has 0 bridgehead atoms. The van der Waals surface area contributed by atoms with E-state index >= 15 is 0 Å². The lowest BCUT2D eigenvalue weighted by atomic mass is 9.97. The zero-order valence-corrected chi connectivity index (χ0v) is 21.9. The van der Waals surface area contributed by atoms with Gasteiger partial charge in [-0.1, -0.05) is 107 Å². The van der Waals surface area contributed by atoms with Gasteiger partial charge in [0.15, 0.2) is 6.20 Å². The van der Waals surface area contributed by atoms with Crippen LogP contribution in [0, 0.1) is 13.8 Å². The molecule has 1 aromatic heterocycles. The minimum Gasteiger partial charge on any atom is -0.201 e. The summed E-state index contributed by atoms with van der Waals surface area (Å²) in [5, 5.41) is 6.39. The van der Waals surface area contributed by atoms with Crippen molar-refractivity contribution < 1.29 is 8.68 Å². The Morgan fingerprint density at radius 3 is 2.18 bits per heavy atom. The Morgan fingerprint density at radius 2 is 1.45 bits per heavy atom. The van der Waals surface area contributed by atoms with Crippen molar-refractivity contribution in [3.63, 3.8) is 0 Å². The van der Waals surface area contributed by atoms with Crippen molar-refractivity contribution in [2.45, 2.75) is 39.0 Å². The van der Waals surface area contributed by atoms with Crippen molar-refractivity contribution in [2.75, 3.05) is 0 Å². The van der Waals surface area contributed by atoms with Crippen LogP contribution in [0.1, 0.15) is 15.2 Å². The van der Waals surface area contributed by atoms with E-state index in [0.29, 0.717) is 5.56 Å². The van der Waals surface area contributed by atoms with E-state index in [-0.39, 0.29) is 0 Å². The molecule has 0 atom stereocenters. The van der Waals surface area contributed by atoms with Gasteiger partial charge in [0.05, 0.1) is 0 Å². The lowest BCUT2D eigenvalue weighted by Gasteiger charge is -2.38. The van der Waals surface area contributed by atoms with Gasteiger partial charge in [-0.15, -0.1) is 0 Å². The average Bonchev–Trinajstić information content (AvgIpc) is 3.65. The molecular weight excluding hydrogens is 431 g/mol. The SMILES string of the molecule is [2H]C([2H])([2H])c1c[n+](C)c(-c2ccccc2C)cc1-c1ccc2c(c1)[Si]1(CC1)c1ccccc1[Si]2(C)C. The molecule has 0 N–H and O–H groups in total. The second kappa shape index (κ2) is 7.12. The van der Waals surface area contributed by atoms with E-state index in [2.05, 4.69) is 80.7 Å². The maximum atomic E-state index is 8.35. The highest BCUT2D eigenvalue weighted by Crippen LogP contribution is 2.38. The van der Waals surface area contributed by atoms with Crippen LogP contribution in [-0.2, 0) is 7.05 Å². The van der Waals surface area contributed by atoms with Crippen molar-refractivity contribution in [1.82, 2.24) is 0 Å². The Morgan fingerprint density at radius 1 is 0.758 bits per heavy atom. The molecule has 3 heterocycles. The summed E-state index contributed by atoms with van der Waals surface area (Å²) in [6, 6.07) is 29.2. The first-order valence-electron chi connectivity index (χ1n) is 13.4. The van der Waals surface area contributed by atoms with Gasteiger partial charge in [-0.05, 0) is 36.5 Å². The van der Waals surface area contributed by atoms with Crippen LogP contribution in [0.4, 0.5) is 0 Å². The fourth-order valence-electron chi connectivity index (χ4n) is 6.07. The van der Waals surface area contributed by atoms with Crippen LogP contribution in [0.25, 0.3) is 22.4 Å². The topological polar surface area (TPSA) is 3.88 Å². The third-order valence-electron chi connectivity index (χ3n) is 8.08. The van der Waals surface area contributed by atoms with Crippen LogP contribution >= 0.6 is 0 Å². The van der Waals surface area contributed by atoms with Crippen molar-refractivity contribution >= 4 is 36.9 Å². The van der Waals surface area contributed by atoms with Crippen LogP contribution in [0.2, 0.25) is 25.2 Å². The molecule has 164 valence electrons. The number of benzene rings is 3. The molecule has 0 saturated carbocycles. The number of hydrogen-bond acceptors (Lipinski definition) is 0. The smallest absolute Gasteiger partial charge is 0.201 e. The Labute approximate surface area is 204 Å². The summed E-state index contributed by atoms with van der Waals surface area (Å²) in [5.74, 6) is 0. The number of nitrogens with zero attached hydrogens (tertiary/aromatic N) is 1. The van der Waals surface area contributed by atoms with Crippen molar-refractivity contribution in [1.29, 1.82) is 0 Å². The largest absolute Gasteiger partial charge is 0.213 e. The Hall–Kier alpha value is -2.76. The number of rotatable bonds is 2. The zero-order valence-electron chi connectivity index (χ0n) is 22.9. The lowest BCUT2D eigenvalue weighted by molar-refractivity contribution is -0.660. The molecule has 1 saturated heterocycles. The molecule has 4 aromatic rings. The summed E-state index contributed by atoms with van der Waals surface area (Å²) in [4.78, 5) is 0. The quantitative estimate of drug-likeness (QED) is 0.309. The number of pyridine rings is 1. The van der Waals surface area contributed by atoms with Crippen LogP contribution < -0.4 is 25.3 Å². The minimum absolute atomic E-state index is 0.418. The first kappa shape index (κ1) is 17.7. The van der Waals surface area contributed by atoms with E-state index in [9.17, 15) is 0 Å². The van der Waals surface area contributed by atoms with Gasteiger partial charge in [-0.3, -0.25) is 0 Å². The zero-order chi connectivity index (χ0) is 25.5. The highest BCUT2D eigenvalue weighted by molar-refractivity contribution is 7.20. The summed E-state index contributed by atoms with van der Waals surface area (Å²) in [7, 11) is -1.57. The summed E-state index contributed by atoms with van der Waals surface area (Å²) in [5.41, 5.74) is 5.64. The van der Waals surface area contributed by atoms with E-state index in [1.807, 2.05) is 29.9 Å². The molecular formula is C30H32NSi2+. The first-order valence-corrected chi connectivity index (χ1v) is 17.3. The van der Waals surface area contributed by atoms with E-state index < -0.39 is 23.0 Å². The molecule has 0 radical (unpaired) electrons. The van der Waals surface area contributed by atoms with Crippen LogP contribution in [0.5, 0.6) is 0 Å². The highest BCUT2D eigenvalue weighted by Gasteiger charge is 2.56. The molecule has 3 aromatic carbocycles. The van der Waals surface area contributed by atoms with Crippen LogP contribution in [0.15, 0.2) is 79.0 Å². The van der Waals surface area contributed by atoms with Gasteiger partial charge in [-0.25, -0.2) is 4.57 Å². The Balaban J connectivity index is 1.60. The van der Waals surface area contributed by atoms with Gasteiger partial charge in [0, 0.05) is 21.3 Å². The normalized spacial score (nSPS) is 18.6. The average molecular weight is 466 g/mol. The molecule has 6 rings (SSSR count). The Bertz CT molecular complexity index is 1530. The van der Waals surface area contributed by atoms with Gasteiger partial charge >= 0.3 is 0 Å². The van der Waals surface area contributed by atoms with E-state index in [1.54, 1.807) is 20.7 Å². The van der Waals surface area contributed by atoms with Gasteiger partial charge in [-0.2, -0.15) is 0 Å². The molecule has 1 spiro atoms. The molecule has 3 heteroatoms. The summed E-state index contributed by atoms with van der Waals surface area (Å²) >= 11 is 0. The van der Waals surface area contributed by atoms with Gasteiger partial charge < -0.3 is 0 Å². The maximum absolute atomic E-state index is 8.35. The predicted octanol–water partition coefficient (Wildman–Crippen LogP) is 4.17. The number of aromatic nitrogens is 1. The van der Waals surface area contributed by atoms with Gasteiger partial charge in [0.2, 0.25) is 5.69 Å². The Kier molecular flexibility index (Phi) is 3.81. The lowest BCUT2D eigenvalue weighted by Crippen LogP contribution is -2.75. The van der Waals surface area contributed by atoms with E-state index in [1.165, 1.54) is 17.7 Å². The van der Waals surface area contributed by atoms with E-state index in [4.69, 9.17) is 4.11 Å².